The molecule has 3 fully saturated rings. The number of hydrogen-bond acceptors (Lipinski definition) is 11. The number of phenols is 2. The molecule has 0 saturated carbocycles. The first kappa shape index (κ1) is 37.1. The number of aliphatic hydroxyl groups is 4. The lowest BCUT2D eigenvalue weighted by molar-refractivity contribution is -0.0162. The maximum Gasteiger partial charge on any atom is 0.128 e. The fourth-order valence-corrected chi connectivity index (χ4v) is 7.15. The van der Waals surface area contributed by atoms with Crippen molar-refractivity contribution in [1.29, 1.82) is 0 Å². The number of likely N-dealkylation sites (tertiary alicyclic amines) is 2. The molecule has 49 heavy (non-hydrogen) atoms. The largest absolute Gasteiger partial charge is 0.507 e. The Bertz CT molecular complexity index is 1360. The van der Waals surface area contributed by atoms with Crippen molar-refractivity contribution in [1.82, 2.24) is 24.9 Å². The number of hydrogen-bond donors (Lipinski definition) is 7. The molecule has 3 heterocycles. The Kier molecular flexibility index (Phi) is 13.4. The molecule has 0 aromatic heterocycles. The Balaban J connectivity index is 1.30. The van der Waals surface area contributed by atoms with Gasteiger partial charge >= 0.3 is 0 Å². The van der Waals surface area contributed by atoms with E-state index in [0.29, 0.717) is 25.9 Å². The van der Waals surface area contributed by atoms with Crippen LogP contribution in [-0.2, 0) is 13.1 Å². The van der Waals surface area contributed by atoms with E-state index in [1.54, 1.807) is 0 Å². The summed E-state index contributed by atoms with van der Waals surface area (Å²) >= 11 is 0. The fraction of sp³-hybridized carbons (Fsp3) is 0.579. The van der Waals surface area contributed by atoms with Crippen LogP contribution >= 0.6 is 0 Å². The number of aromatic hydroxyl groups is 2. The average Bonchev–Trinajstić information content (AvgIpc) is 3.07. The number of nitrogens with zero attached hydrogens (tertiary/aromatic N) is 4. The highest BCUT2D eigenvalue weighted by Crippen LogP contribution is 2.34. The van der Waals surface area contributed by atoms with Gasteiger partial charge in [-0.05, 0) is 88.3 Å². The van der Waals surface area contributed by atoms with E-state index in [-0.39, 0.29) is 24.7 Å². The fourth-order valence-electron chi connectivity index (χ4n) is 7.15. The lowest BCUT2D eigenvalue weighted by atomic mass is 9.99. The van der Waals surface area contributed by atoms with E-state index in [4.69, 9.17) is 0 Å². The lowest BCUT2D eigenvalue weighted by Crippen LogP contribution is -2.43. The van der Waals surface area contributed by atoms with Gasteiger partial charge in [0.1, 0.15) is 24.0 Å². The summed E-state index contributed by atoms with van der Waals surface area (Å²) in [5.74, 6) is 0.539. The minimum absolute atomic E-state index is 0.0731. The van der Waals surface area contributed by atoms with Crippen LogP contribution in [0.5, 0.6) is 11.5 Å². The van der Waals surface area contributed by atoms with Crippen molar-refractivity contribution >= 4 is 12.2 Å². The van der Waals surface area contributed by atoms with Gasteiger partial charge in [-0.25, -0.2) is 0 Å². The number of nitrogens with one attached hydrogen (secondary N) is 1. The van der Waals surface area contributed by atoms with Crippen LogP contribution in [0.3, 0.4) is 0 Å². The molecule has 11 heteroatoms. The summed E-state index contributed by atoms with van der Waals surface area (Å²) in [5, 5.41) is 65.7. The van der Waals surface area contributed by atoms with Crippen molar-refractivity contribution in [2.75, 3.05) is 65.6 Å². The van der Waals surface area contributed by atoms with Gasteiger partial charge in [0.25, 0.3) is 0 Å². The van der Waals surface area contributed by atoms with Crippen molar-refractivity contribution in [3.8, 4) is 11.5 Å². The maximum absolute atomic E-state index is 11.4. The summed E-state index contributed by atoms with van der Waals surface area (Å²) < 4.78 is 0. The molecule has 0 spiro atoms. The highest BCUT2D eigenvalue weighted by atomic mass is 16.3. The third kappa shape index (κ3) is 9.76. The van der Waals surface area contributed by atoms with E-state index in [1.807, 2.05) is 47.9 Å². The van der Waals surface area contributed by atoms with Gasteiger partial charge in [-0.2, -0.15) is 0 Å². The van der Waals surface area contributed by atoms with E-state index < -0.39 is 12.5 Å². The summed E-state index contributed by atoms with van der Waals surface area (Å²) in [7, 11) is 0. The van der Waals surface area contributed by atoms with Crippen molar-refractivity contribution in [3.63, 3.8) is 0 Å². The predicted molar refractivity (Wildman–Crippen MR) is 192 cm³/mol. The molecule has 11 nitrogen and oxygen atoms in total. The third-order valence-electron chi connectivity index (χ3n) is 10.00. The van der Waals surface area contributed by atoms with E-state index in [1.165, 1.54) is 0 Å². The molecule has 2 unspecified atom stereocenters. The summed E-state index contributed by atoms with van der Waals surface area (Å²) in [5.41, 5.74) is 7.33. The number of phenolic OH excluding ortho intramolecular Hbond substituents is 2. The van der Waals surface area contributed by atoms with Gasteiger partial charge in [-0.15, -0.1) is 0 Å². The molecule has 0 aliphatic carbocycles. The second-order valence-electron chi connectivity index (χ2n) is 13.9. The van der Waals surface area contributed by atoms with Crippen LogP contribution in [-0.4, -0.2) is 128 Å². The Morgan fingerprint density at radius 3 is 1.45 bits per heavy atom. The molecule has 2 aromatic carbocycles. The SMILES string of the molecule is Cc1cc(C=C2CCN2C(O)CCO)c(O)c(CN2CCCNCCCN(Cc3cc(C)cc(C=C4CCN4C(O)CCO)c3O)CC2)c1. The van der Waals surface area contributed by atoms with Crippen LogP contribution in [0, 0.1) is 13.8 Å². The van der Waals surface area contributed by atoms with Gasteiger partial charge in [0.2, 0.25) is 0 Å². The normalized spacial score (nSPS) is 21.3. The highest BCUT2D eigenvalue weighted by molar-refractivity contribution is 5.64. The van der Waals surface area contributed by atoms with Crippen molar-refractivity contribution in [2.24, 2.45) is 0 Å². The predicted octanol–water partition coefficient (Wildman–Crippen LogP) is 2.90. The zero-order valence-electron chi connectivity index (χ0n) is 29.3. The Morgan fingerprint density at radius 1 is 0.653 bits per heavy atom. The molecule has 0 radical (unpaired) electrons. The lowest BCUT2D eigenvalue weighted by Gasteiger charge is -2.40. The van der Waals surface area contributed by atoms with Gasteiger partial charge in [0.15, 0.2) is 0 Å². The van der Waals surface area contributed by atoms with Gasteiger partial charge in [-0.3, -0.25) is 9.80 Å². The first-order valence-electron chi connectivity index (χ1n) is 18.0. The molecule has 270 valence electrons. The maximum atomic E-state index is 11.4. The van der Waals surface area contributed by atoms with Gasteiger partial charge in [0.05, 0.1) is 0 Å². The first-order chi connectivity index (χ1) is 23.7. The number of benzene rings is 2. The van der Waals surface area contributed by atoms with Crippen LogP contribution in [0.15, 0.2) is 35.7 Å². The summed E-state index contributed by atoms with van der Waals surface area (Å²) in [6.07, 6.45) is 6.72. The highest BCUT2D eigenvalue weighted by Gasteiger charge is 2.28. The minimum Gasteiger partial charge on any atom is -0.507 e. The van der Waals surface area contributed by atoms with E-state index >= 15 is 0 Å². The number of aryl methyl sites for hydroxylation is 2. The van der Waals surface area contributed by atoms with Crippen LogP contribution in [0.25, 0.3) is 12.2 Å². The second kappa shape index (κ2) is 17.7. The zero-order valence-corrected chi connectivity index (χ0v) is 29.3. The smallest absolute Gasteiger partial charge is 0.128 e. The molecule has 3 aliphatic heterocycles. The van der Waals surface area contributed by atoms with E-state index in [0.717, 1.165) is 123 Å². The van der Waals surface area contributed by atoms with Crippen LogP contribution in [0.4, 0.5) is 0 Å². The second-order valence-corrected chi connectivity index (χ2v) is 13.9. The Morgan fingerprint density at radius 2 is 1.08 bits per heavy atom. The molecule has 7 N–H and O–H groups in total. The van der Waals surface area contributed by atoms with Crippen molar-refractivity contribution in [3.05, 3.63) is 69.0 Å². The molecule has 0 amide bonds. The van der Waals surface area contributed by atoms with Crippen LogP contribution in [0.1, 0.15) is 71.9 Å². The number of rotatable bonds is 12. The van der Waals surface area contributed by atoms with Crippen LogP contribution < -0.4 is 5.32 Å². The summed E-state index contributed by atoms with van der Waals surface area (Å²) in [6, 6.07) is 8.09. The van der Waals surface area contributed by atoms with Crippen molar-refractivity contribution in [2.45, 2.75) is 77.9 Å². The molecular weight excluding hydrogens is 622 g/mol. The standard InChI is InChI=1S/C38H57N5O6/c1-27-19-29(23-33-5-13-42(33)35(46)7-17-44)37(48)31(21-27)25-40-11-3-9-39-10-4-12-41(16-15-40)26-32-22-28(2)20-30(38(32)49)24-34-6-14-43(34)36(47)8-18-45/h19-24,35-36,39,44-49H,3-18,25-26H2,1-2H3. The quantitative estimate of drug-likeness (QED) is 0.178. The zero-order chi connectivity index (χ0) is 34.9. The molecular formula is C38H57N5O6. The molecule has 3 aliphatic rings. The molecule has 3 saturated heterocycles. The van der Waals surface area contributed by atoms with Gasteiger partial charge in [-0.1, -0.05) is 12.1 Å². The number of aliphatic hydroxyl groups excluding tert-OH is 4. The first-order valence-corrected chi connectivity index (χ1v) is 18.0. The Labute approximate surface area is 291 Å². The molecule has 0 bridgehead atoms. The van der Waals surface area contributed by atoms with Gasteiger partial charge in [0, 0.05) is 112 Å². The summed E-state index contributed by atoms with van der Waals surface area (Å²) in [4.78, 5) is 8.57. The van der Waals surface area contributed by atoms with Gasteiger partial charge < -0.3 is 45.8 Å². The van der Waals surface area contributed by atoms with E-state index in [2.05, 4.69) is 27.2 Å². The topological polar surface area (TPSA) is 146 Å². The monoisotopic (exact) mass is 679 g/mol. The average molecular weight is 680 g/mol. The summed E-state index contributed by atoms with van der Waals surface area (Å²) in [6.45, 7) is 11.9. The molecule has 2 atom stereocenters. The van der Waals surface area contributed by atoms with Crippen molar-refractivity contribution < 1.29 is 30.6 Å². The van der Waals surface area contributed by atoms with Crippen LogP contribution in [0.2, 0.25) is 0 Å². The third-order valence-corrected chi connectivity index (χ3v) is 10.00. The Hall–Kier alpha value is -3.16. The van der Waals surface area contributed by atoms with E-state index in [9.17, 15) is 30.6 Å². The minimum atomic E-state index is -0.721. The molecule has 2 aromatic rings. The molecule has 5 rings (SSSR count).